The van der Waals surface area contributed by atoms with E-state index in [1.54, 1.807) is 0 Å². The quantitative estimate of drug-likeness (QED) is 0.154. The van der Waals surface area contributed by atoms with E-state index in [-0.39, 0.29) is 30.3 Å². The van der Waals surface area contributed by atoms with Crippen molar-refractivity contribution in [1.82, 2.24) is 15.3 Å². The van der Waals surface area contributed by atoms with Crippen LogP contribution in [-0.4, -0.2) is 64.3 Å². The van der Waals surface area contributed by atoms with Crippen LogP contribution in [0.5, 0.6) is 0 Å². The van der Waals surface area contributed by atoms with E-state index in [4.69, 9.17) is 0 Å². The van der Waals surface area contributed by atoms with E-state index in [9.17, 15) is 19.6 Å². The number of thiol groups is 1. The molecule has 3 amide bonds. The number of rotatable bonds is 12. The molecule has 1 saturated heterocycles. The Morgan fingerprint density at radius 3 is 2.63 bits per heavy atom. The van der Waals surface area contributed by atoms with E-state index >= 15 is 0 Å². The molecule has 0 aromatic heterocycles. The van der Waals surface area contributed by atoms with Crippen molar-refractivity contribution in [3.05, 3.63) is 0 Å². The van der Waals surface area contributed by atoms with E-state index in [1.807, 2.05) is 18.7 Å². The second kappa shape index (κ2) is 12.2. The van der Waals surface area contributed by atoms with Crippen LogP contribution in [0.2, 0.25) is 0 Å². The molecule has 1 heterocycles. The minimum absolute atomic E-state index is 0.0600. The molecule has 0 saturated carbocycles. The van der Waals surface area contributed by atoms with Crippen molar-refractivity contribution >= 4 is 30.9 Å². The number of likely N-dealkylation sites (tertiary alicyclic amines) is 1. The van der Waals surface area contributed by atoms with E-state index in [1.165, 1.54) is 0 Å². The molecule has 0 unspecified atom stereocenters. The highest BCUT2D eigenvalue weighted by molar-refractivity contribution is 7.80. The van der Waals surface area contributed by atoms with Crippen LogP contribution in [0.1, 0.15) is 59.3 Å². The summed E-state index contributed by atoms with van der Waals surface area (Å²) < 4.78 is 0. The van der Waals surface area contributed by atoms with Gasteiger partial charge >= 0.3 is 0 Å². The molecule has 1 aliphatic heterocycles. The molecule has 3 atom stereocenters. The van der Waals surface area contributed by atoms with Crippen molar-refractivity contribution < 1.29 is 19.6 Å². The standard InChI is InChI=1S/C19H35N3O4S/c1-4-5-6-8-15(11-21(26)13-23)18(24)20-17(14(2)3)19(25)22-10-7-9-16(22)12-27/h13-17,26-27H,4-12H2,1-3H3,(H,20,24)/t15-,16-,17+/m1/s1. The smallest absolute Gasteiger partial charge is 0.245 e. The maximum Gasteiger partial charge on any atom is 0.245 e. The number of carbonyl (C=O) groups excluding carboxylic acids is 3. The number of amides is 3. The average molecular weight is 402 g/mol. The van der Waals surface area contributed by atoms with Crippen LogP contribution in [0.3, 0.4) is 0 Å². The lowest BCUT2D eigenvalue weighted by Gasteiger charge is -2.31. The predicted octanol–water partition coefficient (Wildman–Crippen LogP) is 2.09. The van der Waals surface area contributed by atoms with Gasteiger partial charge in [0, 0.05) is 18.3 Å². The zero-order valence-corrected chi connectivity index (χ0v) is 17.7. The molecule has 0 aromatic rings. The Labute approximate surface area is 168 Å². The fourth-order valence-electron chi connectivity index (χ4n) is 3.49. The Kier molecular flexibility index (Phi) is 10.8. The first-order chi connectivity index (χ1) is 12.8. The van der Waals surface area contributed by atoms with Crippen LogP contribution in [0.25, 0.3) is 0 Å². The zero-order chi connectivity index (χ0) is 20.4. The highest BCUT2D eigenvalue weighted by Gasteiger charge is 2.35. The van der Waals surface area contributed by atoms with E-state index < -0.39 is 12.0 Å². The summed E-state index contributed by atoms with van der Waals surface area (Å²) in [5.41, 5.74) is 0. The molecule has 0 aliphatic carbocycles. The largest absolute Gasteiger partial charge is 0.344 e. The summed E-state index contributed by atoms with van der Waals surface area (Å²) in [7, 11) is 0. The first kappa shape index (κ1) is 23.8. The van der Waals surface area contributed by atoms with Gasteiger partial charge in [-0.1, -0.05) is 40.0 Å². The minimum Gasteiger partial charge on any atom is -0.344 e. The van der Waals surface area contributed by atoms with Gasteiger partial charge in [-0.25, -0.2) is 5.06 Å². The van der Waals surface area contributed by atoms with Crippen LogP contribution in [0, 0.1) is 11.8 Å². The third-order valence-corrected chi connectivity index (χ3v) is 5.58. The fourth-order valence-corrected chi connectivity index (χ4v) is 3.87. The third-order valence-electron chi connectivity index (χ3n) is 5.16. The molecular formula is C19H35N3O4S. The van der Waals surface area contributed by atoms with Gasteiger partial charge in [-0.2, -0.15) is 12.6 Å². The minimum atomic E-state index is -0.616. The Bertz CT molecular complexity index is 490. The third kappa shape index (κ3) is 7.33. The summed E-state index contributed by atoms with van der Waals surface area (Å²) >= 11 is 4.34. The Morgan fingerprint density at radius 2 is 2.07 bits per heavy atom. The molecule has 27 heavy (non-hydrogen) atoms. The molecule has 8 heteroatoms. The van der Waals surface area contributed by atoms with Crippen molar-refractivity contribution in [2.45, 2.75) is 71.4 Å². The molecule has 1 rings (SSSR count). The molecule has 156 valence electrons. The summed E-state index contributed by atoms with van der Waals surface area (Å²) in [6.45, 7) is 6.51. The average Bonchev–Trinajstić information content (AvgIpc) is 3.13. The van der Waals surface area contributed by atoms with Crippen LogP contribution in [0.4, 0.5) is 0 Å². The summed E-state index contributed by atoms with van der Waals surface area (Å²) in [5.74, 6) is -0.349. The zero-order valence-electron chi connectivity index (χ0n) is 16.8. The Balaban J connectivity index is 2.82. The SMILES string of the molecule is CCCCC[C@H](CN(O)C=O)C(=O)N[C@H](C(=O)N1CCC[C@@H]1CS)C(C)C. The van der Waals surface area contributed by atoms with Crippen molar-refractivity contribution in [2.24, 2.45) is 11.8 Å². The van der Waals surface area contributed by atoms with Gasteiger partial charge in [-0.15, -0.1) is 0 Å². The second-order valence-electron chi connectivity index (χ2n) is 7.66. The van der Waals surface area contributed by atoms with Gasteiger partial charge in [-0.3, -0.25) is 19.6 Å². The molecule has 7 nitrogen and oxygen atoms in total. The summed E-state index contributed by atoms with van der Waals surface area (Å²) in [6.07, 6.45) is 5.56. The van der Waals surface area contributed by atoms with Gasteiger partial charge in [0.15, 0.2) is 0 Å². The first-order valence-corrected chi connectivity index (χ1v) is 10.6. The molecule has 1 aliphatic rings. The lowest BCUT2D eigenvalue weighted by atomic mass is 9.97. The van der Waals surface area contributed by atoms with Crippen molar-refractivity contribution in [2.75, 3.05) is 18.8 Å². The predicted molar refractivity (Wildman–Crippen MR) is 108 cm³/mol. The van der Waals surface area contributed by atoms with Gasteiger partial charge in [-0.05, 0) is 25.2 Å². The van der Waals surface area contributed by atoms with E-state index in [0.717, 1.165) is 32.1 Å². The van der Waals surface area contributed by atoms with Crippen LogP contribution in [-0.2, 0) is 14.4 Å². The maximum absolute atomic E-state index is 13.0. The number of unbranched alkanes of at least 4 members (excludes halogenated alkanes) is 2. The van der Waals surface area contributed by atoms with Crippen molar-refractivity contribution in [1.29, 1.82) is 0 Å². The summed E-state index contributed by atoms with van der Waals surface area (Å²) in [4.78, 5) is 38.4. The molecule has 0 radical (unpaired) electrons. The Morgan fingerprint density at radius 1 is 1.37 bits per heavy atom. The highest BCUT2D eigenvalue weighted by atomic mass is 32.1. The highest BCUT2D eigenvalue weighted by Crippen LogP contribution is 2.21. The van der Waals surface area contributed by atoms with E-state index in [0.29, 0.717) is 30.2 Å². The van der Waals surface area contributed by atoms with Gasteiger partial charge < -0.3 is 10.2 Å². The van der Waals surface area contributed by atoms with Crippen LogP contribution >= 0.6 is 12.6 Å². The molecule has 2 N–H and O–H groups in total. The van der Waals surface area contributed by atoms with Crippen LogP contribution < -0.4 is 5.32 Å². The monoisotopic (exact) mass is 401 g/mol. The number of carbonyl (C=O) groups is 3. The van der Waals surface area contributed by atoms with Crippen molar-refractivity contribution in [3.8, 4) is 0 Å². The van der Waals surface area contributed by atoms with E-state index in [2.05, 4.69) is 24.9 Å². The van der Waals surface area contributed by atoms with Gasteiger partial charge in [0.05, 0.1) is 12.5 Å². The van der Waals surface area contributed by atoms with Crippen molar-refractivity contribution in [3.63, 3.8) is 0 Å². The molecule has 0 spiro atoms. The second-order valence-corrected chi connectivity index (χ2v) is 8.03. The summed E-state index contributed by atoms with van der Waals surface area (Å²) in [6, 6.07) is -0.502. The fraction of sp³-hybridized carbons (Fsp3) is 0.842. The number of nitrogens with zero attached hydrogens (tertiary/aromatic N) is 2. The number of nitrogens with one attached hydrogen (secondary N) is 1. The molecule has 1 fully saturated rings. The number of hydrogen-bond donors (Lipinski definition) is 3. The normalized spacial score (nSPS) is 19.0. The molecule has 0 bridgehead atoms. The molecular weight excluding hydrogens is 366 g/mol. The van der Waals surface area contributed by atoms with Gasteiger partial charge in [0.25, 0.3) is 0 Å². The van der Waals surface area contributed by atoms with Crippen LogP contribution in [0.15, 0.2) is 0 Å². The lowest BCUT2D eigenvalue weighted by Crippen LogP contribution is -2.54. The lowest BCUT2D eigenvalue weighted by molar-refractivity contribution is -0.155. The first-order valence-electron chi connectivity index (χ1n) is 9.98. The molecule has 0 aromatic carbocycles. The number of hydrogen-bond acceptors (Lipinski definition) is 5. The maximum atomic E-state index is 13.0. The summed E-state index contributed by atoms with van der Waals surface area (Å²) in [5, 5.41) is 12.9. The topological polar surface area (TPSA) is 90.0 Å². The van der Waals surface area contributed by atoms with Gasteiger partial charge in [0.1, 0.15) is 6.04 Å². The van der Waals surface area contributed by atoms with Gasteiger partial charge in [0.2, 0.25) is 18.2 Å². The Hall–Kier alpha value is -1.28. The number of hydroxylamine groups is 2.